The molecule has 1 heterocycles. The van der Waals surface area contributed by atoms with E-state index in [9.17, 15) is 19.8 Å². The smallest absolute Gasteiger partial charge is 0.342 e. The first kappa shape index (κ1) is 12.5. The molecule has 6 N–H and O–H groups in total. The van der Waals surface area contributed by atoms with Crippen LogP contribution in [-0.4, -0.2) is 54.4 Å². The number of aromatic amines is 2. The van der Waals surface area contributed by atoms with E-state index in [0.29, 0.717) is 0 Å². The van der Waals surface area contributed by atoms with Crippen LogP contribution >= 0.6 is 0 Å². The Kier molecular flexibility index (Phi) is 3.90. The van der Waals surface area contributed by atoms with E-state index < -0.39 is 41.9 Å². The number of aliphatic hydroxyl groups excluding tert-OH is 4. The Bertz CT molecular complexity index is 454. The average Bonchev–Trinajstić information content (AvgIpc) is 2.26. The fourth-order valence-electron chi connectivity index (χ4n) is 1.04. The molecular formula is C7H11N3O6. The van der Waals surface area contributed by atoms with Gasteiger partial charge in [0.05, 0.1) is 6.61 Å². The summed E-state index contributed by atoms with van der Waals surface area (Å²) in [6.45, 7) is -0.792. The maximum atomic E-state index is 11.1. The van der Waals surface area contributed by atoms with E-state index >= 15 is 0 Å². The molecule has 1 rings (SSSR count). The van der Waals surface area contributed by atoms with Crippen molar-refractivity contribution >= 4 is 0 Å². The first-order valence-corrected chi connectivity index (χ1v) is 4.31. The van der Waals surface area contributed by atoms with Crippen LogP contribution in [0.4, 0.5) is 0 Å². The number of nitrogens with one attached hydrogen (secondary N) is 2. The summed E-state index contributed by atoms with van der Waals surface area (Å²) in [6.07, 6.45) is -5.23. The third-order valence-corrected chi connectivity index (χ3v) is 1.92. The first-order chi connectivity index (χ1) is 7.47. The monoisotopic (exact) mass is 233 g/mol. The van der Waals surface area contributed by atoms with E-state index in [1.54, 1.807) is 4.98 Å². The summed E-state index contributed by atoms with van der Waals surface area (Å²) in [5.41, 5.74) is -2.40. The maximum Gasteiger partial charge on any atom is 0.342 e. The van der Waals surface area contributed by atoms with Crippen LogP contribution in [0, 0.1) is 0 Å². The van der Waals surface area contributed by atoms with Crippen molar-refractivity contribution in [2.75, 3.05) is 6.61 Å². The fourth-order valence-corrected chi connectivity index (χ4v) is 1.04. The maximum absolute atomic E-state index is 11.1. The van der Waals surface area contributed by atoms with Gasteiger partial charge in [-0.3, -0.25) is 9.78 Å². The standard InChI is InChI=1S/C7H11N3O6/c11-1-2(12)4(13)5(14)3-6(15)8-7(16)10-9-3/h2,4-5,11-14H,1H2,(H2,8,10,15,16)/t2-,4-,5-/m1/s1. The second kappa shape index (κ2) is 4.99. The minimum absolute atomic E-state index is 0.556. The zero-order valence-corrected chi connectivity index (χ0v) is 7.99. The Labute approximate surface area is 88.0 Å². The minimum Gasteiger partial charge on any atom is -0.394 e. The molecule has 0 aliphatic rings. The van der Waals surface area contributed by atoms with Crippen LogP contribution in [-0.2, 0) is 0 Å². The molecule has 1 aromatic heterocycles. The summed E-state index contributed by atoms with van der Waals surface area (Å²) >= 11 is 0. The molecule has 1 aromatic rings. The van der Waals surface area contributed by atoms with Gasteiger partial charge in [0.1, 0.15) is 18.3 Å². The highest BCUT2D eigenvalue weighted by Gasteiger charge is 2.28. The molecule has 3 atom stereocenters. The Morgan fingerprint density at radius 2 is 1.88 bits per heavy atom. The van der Waals surface area contributed by atoms with E-state index in [1.165, 1.54) is 0 Å². The lowest BCUT2D eigenvalue weighted by Gasteiger charge is -2.19. The Morgan fingerprint density at radius 3 is 2.38 bits per heavy atom. The largest absolute Gasteiger partial charge is 0.394 e. The molecule has 0 amide bonds. The molecule has 0 aromatic carbocycles. The van der Waals surface area contributed by atoms with Crippen LogP contribution in [0.1, 0.15) is 11.8 Å². The lowest BCUT2D eigenvalue weighted by molar-refractivity contribution is -0.0796. The summed E-state index contributed by atoms with van der Waals surface area (Å²) in [5.74, 6) is 0. The zero-order chi connectivity index (χ0) is 12.3. The number of rotatable bonds is 4. The molecule has 0 radical (unpaired) electrons. The lowest BCUT2D eigenvalue weighted by Crippen LogP contribution is -2.39. The molecule has 0 saturated carbocycles. The van der Waals surface area contributed by atoms with Gasteiger partial charge in [-0.15, -0.1) is 0 Å². The number of H-pyrrole nitrogens is 2. The van der Waals surface area contributed by atoms with Crippen molar-refractivity contribution < 1.29 is 20.4 Å². The molecule has 9 nitrogen and oxygen atoms in total. The molecule has 9 heteroatoms. The van der Waals surface area contributed by atoms with Gasteiger partial charge < -0.3 is 20.4 Å². The van der Waals surface area contributed by atoms with Gasteiger partial charge in [-0.2, -0.15) is 5.10 Å². The van der Waals surface area contributed by atoms with Gasteiger partial charge in [0.15, 0.2) is 5.69 Å². The highest BCUT2D eigenvalue weighted by atomic mass is 16.4. The van der Waals surface area contributed by atoms with Crippen LogP contribution < -0.4 is 11.2 Å². The summed E-state index contributed by atoms with van der Waals surface area (Å²) in [5, 5.41) is 41.4. The quantitative estimate of drug-likeness (QED) is 0.311. The molecule has 0 bridgehead atoms. The minimum atomic E-state index is -1.82. The van der Waals surface area contributed by atoms with Crippen molar-refractivity contribution in [2.45, 2.75) is 18.3 Å². The van der Waals surface area contributed by atoms with E-state index in [1.807, 2.05) is 5.10 Å². The van der Waals surface area contributed by atoms with Crippen LogP contribution in [0.3, 0.4) is 0 Å². The lowest BCUT2D eigenvalue weighted by atomic mass is 10.1. The normalized spacial score (nSPS) is 16.8. The van der Waals surface area contributed by atoms with Crippen molar-refractivity contribution in [3.05, 3.63) is 26.5 Å². The van der Waals surface area contributed by atoms with Crippen molar-refractivity contribution in [3.63, 3.8) is 0 Å². The summed E-state index contributed by atoms with van der Waals surface area (Å²) < 4.78 is 0. The van der Waals surface area contributed by atoms with Crippen molar-refractivity contribution in [1.29, 1.82) is 0 Å². The van der Waals surface area contributed by atoms with Gasteiger partial charge in [-0.05, 0) is 0 Å². The van der Waals surface area contributed by atoms with E-state index in [2.05, 4.69) is 5.10 Å². The van der Waals surface area contributed by atoms with Crippen LogP contribution in [0.2, 0.25) is 0 Å². The predicted molar refractivity (Wildman–Crippen MR) is 49.5 cm³/mol. The molecule has 90 valence electrons. The first-order valence-electron chi connectivity index (χ1n) is 4.31. The van der Waals surface area contributed by atoms with Crippen molar-refractivity contribution in [3.8, 4) is 0 Å². The molecular weight excluding hydrogens is 222 g/mol. The number of hydrogen-bond acceptors (Lipinski definition) is 7. The molecule has 0 fully saturated rings. The third kappa shape index (κ3) is 2.52. The van der Waals surface area contributed by atoms with Crippen molar-refractivity contribution in [1.82, 2.24) is 15.2 Å². The van der Waals surface area contributed by atoms with E-state index in [-0.39, 0.29) is 0 Å². The number of hydrogen-bond donors (Lipinski definition) is 6. The van der Waals surface area contributed by atoms with Gasteiger partial charge in [0, 0.05) is 0 Å². The summed E-state index contributed by atoms with van der Waals surface area (Å²) in [4.78, 5) is 23.5. The molecule has 16 heavy (non-hydrogen) atoms. The number of nitrogens with zero attached hydrogens (tertiary/aromatic N) is 1. The average molecular weight is 233 g/mol. The van der Waals surface area contributed by atoms with E-state index in [4.69, 9.17) is 10.2 Å². The topological polar surface area (TPSA) is 160 Å². The Balaban J connectivity index is 3.00. The van der Waals surface area contributed by atoms with Crippen LogP contribution in [0.15, 0.2) is 9.59 Å². The summed E-state index contributed by atoms with van der Waals surface area (Å²) in [7, 11) is 0. The molecule has 0 aliphatic carbocycles. The SMILES string of the molecule is O=c1[nH]nc([C@@H](O)[C@H](O)[C@H](O)CO)c(=O)[nH]1. The number of aromatic nitrogens is 3. The fraction of sp³-hybridized carbons (Fsp3) is 0.571. The van der Waals surface area contributed by atoms with Crippen LogP contribution in [0.5, 0.6) is 0 Å². The molecule has 0 saturated heterocycles. The molecule has 0 spiro atoms. The predicted octanol–water partition coefficient (Wildman–Crippen LogP) is -3.79. The van der Waals surface area contributed by atoms with Crippen LogP contribution in [0.25, 0.3) is 0 Å². The van der Waals surface area contributed by atoms with Gasteiger partial charge in [0.2, 0.25) is 0 Å². The zero-order valence-electron chi connectivity index (χ0n) is 7.99. The van der Waals surface area contributed by atoms with Gasteiger partial charge in [-0.1, -0.05) is 0 Å². The molecule has 0 unspecified atom stereocenters. The number of aliphatic hydroxyl groups is 4. The Morgan fingerprint density at radius 1 is 1.25 bits per heavy atom. The third-order valence-electron chi connectivity index (χ3n) is 1.92. The second-order valence-corrected chi connectivity index (χ2v) is 3.08. The summed E-state index contributed by atoms with van der Waals surface area (Å²) in [6, 6.07) is 0. The highest BCUT2D eigenvalue weighted by Crippen LogP contribution is 2.12. The van der Waals surface area contributed by atoms with Gasteiger partial charge >= 0.3 is 5.69 Å². The Hall–Kier alpha value is -1.55. The van der Waals surface area contributed by atoms with E-state index in [0.717, 1.165) is 0 Å². The van der Waals surface area contributed by atoms with Gasteiger partial charge in [0.25, 0.3) is 5.56 Å². The second-order valence-electron chi connectivity index (χ2n) is 3.08. The van der Waals surface area contributed by atoms with Crippen molar-refractivity contribution in [2.24, 2.45) is 0 Å². The highest BCUT2D eigenvalue weighted by molar-refractivity contribution is 5.00. The van der Waals surface area contributed by atoms with Gasteiger partial charge in [-0.25, -0.2) is 9.89 Å². The molecule has 0 aliphatic heterocycles.